The van der Waals surface area contributed by atoms with Gasteiger partial charge in [-0.2, -0.15) is 0 Å². The van der Waals surface area contributed by atoms with Crippen molar-refractivity contribution in [2.24, 2.45) is 11.5 Å². The lowest BCUT2D eigenvalue weighted by Gasteiger charge is -2.30. The summed E-state index contributed by atoms with van der Waals surface area (Å²) in [7, 11) is 8.09. The Kier molecular flexibility index (Phi) is 4.74. The number of benzene rings is 2. The van der Waals surface area contributed by atoms with Crippen molar-refractivity contribution in [1.29, 1.82) is 0 Å². The quantitative estimate of drug-likeness (QED) is 0.886. The van der Waals surface area contributed by atoms with E-state index in [-0.39, 0.29) is 0 Å². The summed E-state index contributed by atoms with van der Waals surface area (Å²) in [5, 5.41) is 0. The second kappa shape index (κ2) is 6.38. The van der Waals surface area contributed by atoms with Crippen molar-refractivity contribution < 1.29 is 0 Å². The van der Waals surface area contributed by atoms with Crippen molar-refractivity contribution in [2.75, 3.05) is 44.5 Å². The molecule has 0 saturated heterocycles. The highest BCUT2D eigenvalue weighted by Gasteiger charge is 2.28. The van der Waals surface area contributed by atoms with Crippen LogP contribution >= 0.6 is 0 Å². The van der Waals surface area contributed by atoms with Crippen LogP contribution in [0.1, 0.15) is 11.1 Å². The van der Waals surface area contributed by atoms with Gasteiger partial charge < -0.3 is 21.3 Å². The van der Waals surface area contributed by atoms with E-state index in [1.54, 1.807) is 0 Å². The first kappa shape index (κ1) is 16.3. The third-order valence-corrected chi connectivity index (χ3v) is 4.12. The standard InChI is InChI=1S/C18H26N4/c1-21(2)16-9-5-14(6-10-16)18(20,13-19)15-7-11-17(12-8-15)22(3)4/h5-12H,13,19-20H2,1-4H3. The summed E-state index contributed by atoms with van der Waals surface area (Å²) in [4.78, 5) is 4.13. The average molecular weight is 298 g/mol. The molecule has 0 unspecified atom stereocenters. The van der Waals surface area contributed by atoms with E-state index in [2.05, 4.69) is 58.3 Å². The Labute approximate surface area is 133 Å². The van der Waals surface area contributed by atoms with Crippen molar-refractivity contribution in [3.8, 4) is 0 Å². The lowest BCUT2D eigenvalue weighted by molar-refractivity contribution is 0.551. The summed E-state index contributed by atoms with van der Waals surface area (Å²) in [5.41, 5.74) is 16.3. The zero-order valence-electron chi connectivity index (χ0n) is 13.9. The summed E-state index contributed by atoms with van der Waals surface area (Å²) in [6, 6.07) is 16.5. The molecular formula is C18H26N4. The number of anilines is 2. The van der Waals surface area contributed by atoms with Crippen LogP contribution in [-0.4, -0.2) is 34.7 Å². The van der Waals surface area contributed by atoms with E-state index >= 15 is 0 Å². The minimum absolute atomic E-state index is 0.357. The van der Waals surface area contributed by atoms with Gasteiger partial charge in [0, 0.05) is 46.1 Å². The highest BCUT2D eigenvalue weighted by atomic mass is 15.1. The second-order valence-corrected chi connectivity index (χ2v) is 6.06. The maximum atomic E-state index is 6.64. The number of nitrogens with two attached hydrogens (primary N) is 2. The predicted molar refractivity (Wildman–Crippen MR) is 95.6 cm³/mol. The fourth-order valence-corrected chi connectivity index (χ4v) is 2.52. The van der Waals surface area contributed by atoms with Crippen molar-refractivity contribution >= 4 is 11.4 Å². The molecule has 2 rings (SSSR count). The summed E-state index contributed by atoms with van der Waals surface area (Å²) >= 11 is 0. The number of hydrogen-bond acceptors (Lipinski definition) is 4. The van der Waals surface area contributed by atoms with E-state index in [0.717, 1.165) is 22.5 Å². The van der Waals surface area contributed by atoms with E-state index in [9.17, 15) is 0 Å². The lowest BCUT2D eigenvalue weighted by Crippen LogP contribution is -2.45. The molecule has 0 aliphatic rings. The van der Waals surface area contributed by atoms with Crippen molar-refractivity contribution in [2.45, 2.75) is 5.54 Å². The summed E-state index contributed by atoms with van der Waals surface area (Å²) in [6.07, 6.45) is 0. The molecular weight excluding hydrogens is 272 g/mol. The van der Waals surface area contributed by atoms with Crippen LogP contribution in [0.4, 0.5) is 11.4 Å². The molecule has 0 aromatic heterocycles. The Morgan fingerprint density at radius 3 is 1.27 bits per heavy atom. The molecule has 0 aliphatic heterocycles. The number of hydrogen-bond donors (Lipinski definition) is 2. The smallest absolute Gasteiger partial charge is 0.0790 e. The summed E-state index contributed by atoms with van der Waals surface area (Å²) in [5.74, 6) is 0. The normalized spacial score (nSPS) is 11.4. The molecule has 0 radical (unpaired) electrons. The van der Waals surface area contributed by atoms with Crippen LogP contribution in [0.15, 0.2) is 48.5 Å². The first-order valence-electron chi connectivity index (χ1n) is 7.43. The first-order chi connectivity index (χ1) is 10.4. The van der Waals surface area contributed by atoms with Gasteiger partial charge in [-0.1, -0.05) is 24.3 Å². The fourth-order valence-electron chi connectivity index (χ4n) is 2.52. The van der Waals surface area contributed by atoms with Gasteiger partial charge in [-0.05, 0) is 35.4 Å². The van der Waals surface area contributed by atoms with Gasteiger partial charge in [0.2, 0.25) is 0 Å². The van der Waals surface area contributed by atoms with Crippen molar-refractivity contribution in [3.05, 3.63) is 59.7 Å². The Balaban J connectivity index is 2.38. The molecule has 0 bridgehead atoms. The van der Waals surface area contributed by atoms with Crippen molar-refractivity contribution in [1.82, 2.24) is 0 Å². The molecule has 0 atom stereocenters. The van der Waals surface area contributed by atoms with Gasteiger partial charge >= 0.3 is 0 Å². The summed E-state index contributed by atoms with van der Waals surface area (Å²) in [6.45, 7) is 0.357. The van der Waals surface area contributed by atoms with Crippen LogP contribution in [0, 0.1) is 0 Å². The second-order valence-electron chi connectivity index (χ2n) is 6.06. The lowest BCUT2D eigenvalue weighted by atomic mass is 9.83. The van der Waals surface area contributed by atoms with Gasteiger partial charge in [0.1, 0.15) is 0 Å². The monoisotopic (exact) mass is 298 g/mol. The molecule has 118 valence electrons. The maximum Gasteiger partial charge on any atom is 0.0790 e. The van der Waals surface area contributed by atoms with E-state index in [1.165, 1.54) is 0 Å². The first-order valence-corrected chi connectivity index (χ1v) is 7.43. The molecule has 0 heterocycles. The summed E-state index contributed by atoms with van der Waals surface area (Å²) < 4.78 is 0. The average Bonchev–Trinajstić information content (AvgIpc) is 2.54. The Morgan fingerprint density at radius 1 is 0.727 bits per heavy atom. The Morgan fingerprint density at radius 2 is 1.05 bits per heavy atom. The molecule has 2 aromatic rings. The molecule has 22 heavy (non-hydrogen) atoms. The maximum absolute atomic E-state index is 6.64. The third-order valence-electron chi connectivity index (χ3n) is 4.12. The van der Waals surface area contributed by atoms with Crippen molar-refractivity contribution in [3.63, 3.8) is 0 Å². The predicted octanol–water partition coefficient (Wildman–Crippen LogP) is 1.98. The van der Waals surface area contributed by atoms with Crippen LogP contribution < -0.4 is 21.3 Å². The van der Waals surface area contributed by atoms with E-state index in [1.807, 2.05) is 28.2 Å². The van der Waals surface area contributed by atoms with Crippen LogP contribution in [0.3, 0.4) is 0 Å². The zero-order valence-corrected chi connectivity index (χ0v) is 13.9. The molecule has 4 nitrogen and oxygen atoms in total. The number of nitrogens with zero attached hydrogens (tertiary/aromatic N) is 2. The van der Waals surface area contributed by atoms with E-state index in [0.29, 0.717) is 6.54 Å². The van der Waals surface area contributed by atoms with Crippen LogP contribution in [0.2, 0.25) is 0 Å². The van der Waals surface area contributed by atoms with E-state index < -0.39 is 5.54 Å². The highest BCUT2D eigenvalue weighted by molar-refractivity contribution is 5.52. The third kappa shape index (κ3) is 3.08. The zero-order chi connectivity index (χ0) is 16.3. The minimum Gasteiger partial charge on any atom is -0.378 e. The molecule has 0 spiro atoms. The van der Waals surface area contributed by atoms with Gasteiger partial charge in [0.25, 0.3) is 0 Å². The minimum atomic E-state index is -0.671. The molecule has 0 aliphatic carbocycles. The van der Waals surface area contributed by atoms with Gasteiger partial charge in [-0.15, -0.1) is 0 Å². The van der Waals surface area contributed by atoms with Gasteiger partial charge in [0.15, 0.2) is 0 Å². The van der Waals surface area contributed by atoms with E-state index in [4.69, 9.17) is 11.5 Å². The van der Waals surface area contributed by atoms with Gasteiger partial charge in [-0.3, -0.25) is 0 Å². The molecule has 0 saturated carbocycles. The Hall–Kier alpha value is -2.04. The van der Waals surface area contributed by atoms with Crippen LogP contribution in [0.5, 0.6) is 0 Å². The molecule has 0 amide bonds. The van der Waals surface area contributed by atoms with Gasteiger partial charge in [0.05, 0.1) is 5.54 Å². The van der Waals surface area contributed by atoms with Gasteiger partial charge in [-0.25, -0.2) is 0 Å². The van der Waals surface area contributed by atoms with Crippen LogP contribution in [0.25, 0.3) is 0 Å². The fraction of sp³-hybridized carbons (Fsp3) is 0.333. The highest BCUT2D eigenvalue weighted by Crippen LogP contribution is 2.29. The molecule has 2 aromatic carbocycles. The number of rotatable bonds is 5. The van der Waals surface area contributed by atoms with Crippen LogP contribution in [-0.2, 0) is 5.54 Å². The molecule has 4 heteroatoms. The Bertz CT molecular complexity index is 548. The molecule has 0 fully saturated rings. The largest absolute Gasteiger partial charge is 0.378 e. The molecule has 4 N–H and O–H groups in total. The topological polar surface area (TPSA) is 58.5 Å². The SMILES string of the molecule is CN(C)c1ccc(C(N)(CN)c2ccc(N(C)C)cc2)cc1.